The Morgan fingerprint density at radius 1 is 1.47 bits per heavy atom. The lowest BCUT2D eigenvalue weighted by molar-refractivity contribution is -0.116. The molecule has 0 atom stereocenters. The summed E-state index contributed by atoms with van der Waals surface area (Å²) in [6.07, 6.45) is 0.241. The molecule has 0 saturated carbocycles. The number of hydrogen-bond acceptors (Lipinski definition) is 4. The summed E-state index contributed by atoms with van der Waals surface area (Å²) in [6, 6.07) is 3.91. The SMILES string of the molecule is Cc1ccc(C)n1NC(=O)Cc1csc(N)n1. The van der Waals surface area contributed by atoms with Crippen LogP contribution >= 0.6 is 11.3 Å². The van der Waals surface area contributed by atoms with Gasteiger partial charge in [-0.3, -0.25) is 14.9 Å². The van der Waals surface area contributed by atoms with Crippen LogP contribution in [0.4, 0.5) is 5.13 Å². The van der Waals surface area contributed by atoms with E-state index in [4.69, 9.17) is 5.73 Å². The molecule has 2 heterocycles. The Kier molecular flexibility index (Phi) is 3.14. The average Bonchev–Trinajstić information content (AvgIpc) is 2.79. The summed E-state index contributed by atoms with van der Waals surface area (Å²) in [5.74, 6) is -0.0994. The van der Waals surface area contributed by atoms with Gasteiger partial charge in [0.15, 0.2) is 5.13 Å². The van der Waals surface area contributed by atoms with Gasteiger partial charge >= 0.3 is 0 Å². The molecule has 0 aliphatic carbocycles. The highest BCUT2D eigenvalue weighted by molar-refractivity contribution is 7.13. The summed E-state index contributed by atoms with van der Waals surface area (Å²) >= 11 is 1.34. The van der Waals surface area contributed by atoms with Crippen molar-refractivity contribution in [1.29, 1.82) is 0 Å². The van der Waals surface area contributed by atoms with Crippen LogP contribution < -0.4 is 11.2 Å². The van der Waals surface area contributed by atoms with Gasteiger partial charge in [-0.15, -0.1) is 11.3 Å². The Morgan fingerprint density at radius 2 is 2.12 bits per heavy atom. The van der Waals surface area contributed by atoms with Crippen LogP contribution in [0.25, 0.3) is 0 Å². The van der Waals surface area contributed by atoms with E-state index in [1.165, 1.54) is 11.3 Å². The van der Waals surface area contributed by atoms with Crippen LogP contribution in [0.3, 0.4) is 0 Å². The molecule has 0 bridgehead atoms. The van der Waals surface area contributed by atoms with Crippen molar-refractivity contribution in [1.82, 2.24) is 9.66 Å². The van der Waals surface area contributed by atoms with Gasteiger partial charge in [0.2, 0.25) is 5.91 Å². The minimum atomic E-state index is -0.0994. The number of hydrogen-bond donors (Lipinski definition) is 2. The van der Waals surface area contributed by atoms with E-state index < -0.39 is 0 Å². The maximum absolute atomic E-state index is 11.8. The van der Waals surface area contributed by atoms with Crippen LogP contribution in [0.5, 0.6) is 0 Å². The van der Waals surface area contributed by atoms with Crippen molar-refractivity contribution in [2.75, 3.05) is 11.2 Å². The molecule has 0 unspecified atom stereocenters. The summed E-state index contributed by atoms with van der Waals surface area (Å²) in [5, 5.41) is 2.28. The fraction of sp³-hybridized carbons (Fsp3) is 0.273. The van der Waals surface area contributed by atoms with Crippen molar-refractivity contribution < 1.29 is 4.79 Å². The number of nitrogens with zero attached hydrogens (tertiary/aromatic N) is 2. The standard InChI is InChI=1S/C11H14N4OS/c1-7-3-4-8(2)15(7)14-10(16)5-9-6-17-11(12)13-9/h3-4,6H,5H2,1-2H3,(H2,12,13)(H,14,16). The second kappa shape index (κ2) is 4.58. The van der Waals surface area contributed by atoms with Crippen molar-refractivity contribution in [3.8, 4) is 0 Å². The molecule has 2 aromatic heterocycles. The number of aryl methyl sites for hydroxylation is 2. The number of nitrogen functional groups attached to an aromatic ring is 1. The highest BCUT2D eigenvalue weighted by Gasteiger charge is 2.09. The fourth-order valence-electron chi connectivity index (χ4n) is 1.58. The van der Waals surface area contributed by atoms with Crippen molar-refractivity contribution >= 4 is 22.4 Å². The largest absolute Gasteiger partial charge is 0.375 e. The Hall–Kier alpha value is -1.82. The smallest absolute Gasteiger partial charge is 0.244 e. The van der Waals surface area contributed by atoms with E-state index in [9.17, 15) is 4.79 Å². The van der Waals surface area contributed by atoms with E-state index >= 15 is 0 Å². The Balaban J connectivity index is 2.03. The van der Waals surface area contributed by atoms with Gasteiger partial charge in [0, 0.05) is 16.8 Å². The van der Waals surface area contributed by atoms with E-state index in [2.05, 4.69) is 10.4 Å². The molecule has 0 radical (unpaired) electrons. The van der Waals surface area contributed by atoms with Crippen LogP contribution in [0, 0.1) is 13.8 Å². The lowest BCUT2D eigenvalue weighted by Gasteiger charge is -2.10. The normalized spacial score (nSPS) is 10.5. The van der Waals surface area contributed by atoms with Crippen molar-refractivity contribution in [2.45, 2.75) is 20.3 Å². The molecule has 0 fully saturated rings. The Morgan fingerprint density at radius 3 is 2.65 bits per heavy atom. The molecule has 3 N–H and O–H groups in total. The van der Waals surface area contributed by atoms with Crippen LogP contribution in [0.1, 0.15) is 17.1 Å². The number of carbonyl (C=O) groups excluding carboxylic acids is 1. The van der Waals surface area contributed by atoms with Gasteiger partial charge in [0.25, 0.3) is 0 Å². The molecule has 2 rings (SSSR count). The summed E-state index contributed by atoms with van der Waals surface area (Å²) in [6.45, 7) is 3.88. The van der Waals surface area contributed by atoms with E-state index in [0.29, 0.717) is 10.8 Å². The third kappa shape index (κ3) is 2.65. The molecule has 0 spiro atoms. The van der Waals surface area contributed by atoms with Gasteiger partial charge < -0.3 is 5.73 Å². The second-order valence-corrected chi connectivity index (χ2v) is 4.73. The molecular formula is C11H14N4OS. The topological polar surface area (TPSA) is 72.9 Å². The molecule has 6 heteroatoms. The molecule has 1 amide bonds. The lowest BCUT2D eigenvalue weighted by atomic mass is 10.3. The maximum atomic E-state index is 11.8. The zero-order valence-corrected chi connectivity index (χ0v) is 10.5. The minimum Gasteiger partial charge on any atom is -0.375 e. The first-order valence-electron chi connectivity index (χ1n) is 5.21. The first-order chi connectivity index (χ1) is 8.06. The number of aromatic nitrogens is 2. The molecule has 5 nitrogen and oxygen atoms in total. The van der Waals surface area contributed by atoms with E-state index in [1.54, 1.807) is 10.1 Å². The summed E-state index contributed by atoms with van der Waals surface area (Å²) < 4.78 is 1.76. The number of rotatable bonds is 3. The lowest BCUT2D eigenvalue weighted by Crippen LogP contribution is -2.26. The third-order valence-electron chi connectivity index (χ3n) is 2.42. The third-order valence-corrected chi connectivity index (χ3v) is 3.14. The second-order valence-electron chi connectivity index (χ2n) is 3.84. The summed E-state index contributed by atoms with van der Waals surface area (Å²) in [5.41, 5.74) is 11.0. The molecule has 0 aromatic carbocycles. The van der Waals surface area contributed by atoms with Crippen molar-refractivity contribution in [3.05, 3.63) is 34.6 Å². The molecule has 0 saturated heterocycles. The molecule has 17 heavy (non-hydrogen) atoms. The number of anilines is 1. The predicted molar refractivity (Wildman–Crippen MR) is 68.5 cm³/mol. The van der Waals surface area contributed by atoms with Gasteiger partial charge in [-0.2, -0.15) is 0 Å². The van der Waals surface area contributed by atoms with E-state index in [1.807, 2.05) is 26.0 Å². The van der Waals surface area contributed by atoms with Gasteiger partial charge in [-0.25, -0.2) is 4.98 Å². The highest BCUT2D eigenvalue weighted by atomic mass is 32.1. The Labute approximate surface area is 103 Å². The zero-order valence-electron chi connectivity index (χ0n) is 9.73. The van der Waals surface area contributed by atoms with E-state index in [0.717, 1.165) is 11.4 Å². The van der Waals surface area contributed by atoms with Gasteiger partial charge in [0.05, 0.1) is 12.1 Å². The number of nitrogens with one attached hydrogen (secondary N) is 1. The van der Waals surface area contributed by atoms with Gasteiger partial charge in [0.1, 0.15) is 0 Å². The molecule has 90 valence electrons. The van der Waals surface area contributed by atoms with Crippen molar-refractivity contribution in [3.63, 3.8) is 0 Å². The summed E-state index contributed by atoms with van der Waals surface area (Å²) in [4.78, 5) is 15.8. The quantitative estimate of drug-likeness (QED) is 0.866. The van der Waals surface area contributed by atoms with Gasteiger partial charge in [-0.1, -0.05) is 0 Å². The number of amides is 1. The van der Waals surface area contributed by atoms with Crippen LogP contribution in [-0.2, 0) is 11.2 Å². The first kappa shape index (κ1) is 11.7. The van der Waals surface area contributed by atoms with Gasteiger partial charge in [-0.05, 0) is 26.0 Å². The van der Waals surface area contributed by atoms with Crippen molar-refractivity contribution in [2.24, 2.45) is 0 Å². The first-order valence-corrected chi connectivity index (χ1v) is 6.09. The number of carbonyl (C=O) groups is 1. The minimum absolute atomic E-state index is 0.0994. The number of thiazole rings is 1. The average molecular weight is 250 g/mol. The maximum Gasteiger partial charge on any atom is 0.244 e. The summed E-state index contributed by atoms with van der Waals surface area (Å²) in [7, 11) is 0. The highest BCUT2D eigenvalue weighted by Crippen LogP contribution is 2.11. The Bertz CT molecular complexity index is 524. The zero-order chi connectivity index (χ0) is 12.4. The monoisotopic (exact) mass is 250 g/mol. The fourth-order valence-corrected chi connectivity index (χ4v) is 2.14. The van der Waals surface area contributed by atoms with Crippen LogP contribution in [0.2, 0.25) is 0 Å². The van der Waals surface area contributed by atoms with E-state index in [-0.39, 0.29) is 12.3 Å². The number of nitrogens with two attached hydrogens (primary N) is 1. The van der Waals surface area contributed by atoms with Crippen LogP contribution in [-0.4, -0.2) is 15.6 Å². The molecule has 0 aliphatic heterocycles. The molecular weight excluding hydrogens is 236 g/mol. The molecule has 0 aliphatic rings. The predicted octanol–water partition coefficient (Wildman–Crippen LogP) is 1.46. The molecule has 2 aromatic rings. The van der Waals surface area contributed by atoms with Crippen LogP contribution in [0.15, 0.2) is 17.5 Å².